The van der Waals surface area contributed by atoms with Gasteiger partial charge in [-0.1, -0.05) is 0 Å². The number of nitrogens with zero attached hydrogens (tertiary/aromatic N) is 1. The molecule has 25 heavy (non-hydrogen) atoms. The summed E-state index contributed by atoms with van der Waals surface area (Å²) in [7, 11) is 0. The van der Waals surface area contributed by atoms with Crippen LogP contribution in [0.25, 0.3) is 10.2 Å². The number of thiophene rings is 1. The molecule has 0 aliphatic carbocycles. The van der Waals surface area contributed by atoms with E-state index in [1.807, 2.05) is 0 Å². The molecule has 0 spiro atoms. The summed E-state index contributed by atoms with van der Waals surface area (Å²) in [6, 6.07) is 0. The Morgan fingerprint density at radius 3 is 2.48 bits per heavy atom. The topological polar surface area (TPSA) is 107 Å². The lowest BCUT2D eigenvalue weighted by Crippen LogP contribution is -2.39. The molecule has 1 N–H and O–H groups in total. The Kier molecular flexibility index (Phi) is 5.17. The summed E-state index contributed by atoms with van der Waals surface area (Å²) in [5.74, 6) is -1.25. The number of ether oxygens (including phenoxy) is 2. The summed E-state index contributed by atoms with van der Waals surface area (Å²) < 4.78 is 10.9. The minimum atomic E-state index is -0.736. The second kappa shape index (κ2) is 6.83. The van der Waals surface area contributed by atoms with E-state index >= 15 is 0 Å². The predicted molar refractivity (Wildman–Crippen MR) is 95.4 cm³/mol. The monoisotopic (exact) mass is 370 g/mol. The van der Waals surface area contributed by atoms with Crippen LogP contribution in [0.3, 0.4) is 0 Å². The van der Waals surface area contributed by atoms with Crippen molar-refractivity contribution in [2.75, 3.05) is 6.61 Å². The number of aromatic nitrogens is 2. The quantitative estimate of drug-likeness (QED) is 0.823. The maximum Gasteiger partial charge on any atom is 0.348 e. The summed E-state index contributed by atoms with van der Waals surface area (Å²) in [6.07, 6.45) is 0. The molecular weight excluding hydrogens is 348 g/mol. The van der Waals surface area contributed by atoms with Crippen molar-refractivity contribution in [3.63, 3.8) is 0 Å². The van der Waals surface area contributed by atoms with Gasteiger partial charge in [0.2, 0.25) is 0 Å². The van der Waals surface area contributed by atoms with E-state index < -0.39 is 35.3 Å². The van der Waals surface area contributed by atoms with Crippen molar-refractivity contribution in [2.45, 2.75) is 46.8 Å². The van der Waals surface area contributed by atoms with Crippen LogP contribution >= 0.6 is 11.3 Å². The number of H-pyrrole nitrogens is 1. The molecule has 0 bridgehead atoms. The summed E-state index contributed by atoms with van der Waals surface area (Å²) in [6.45, 7) is 8.04. The van der Waals surface area contributed by atoms with Gasteiger partial charge in [0.25, 0.3) is 5.56 Å². The predicted octanol–water partition coefficient (Wildman–Crippen LogP) is 1.82. The highest BCUT2D eigenvalue weighted by molar-refractivity contribution is 7.20. The zero-order valence-electron chi connectivity index (χ0n) is 14.7. The first kappa shape index (κ1) is 18.9. The van der Waals surface area contributed by atoms with E-state index in [1.165, 1.54) is 0 Å². The number of hydrogen-bond acceptors (Lipinski definition) is 7. The first-order valence-corrected chi connectivity index (χ1v) is 8.52. The van der Waals surface area contributed by atoms with Gasteiger partial charge in [-0.05, 0) is 40.2 Å². The number of rotatable bonds is 4. The zero-order chi connectivity index (χ0) is 18.9. The highest BCUT2D eigenvalue weighted by atomic mass is 32.1. The third-order valence-corrected chi connectivity index (χ3v) is 4.43. The number of nitrogens with one attached hydrogen (secondary N) is 1. The lowest BCUT2D eigenvalue weighted by Gasteiger charge is -2.19. The molecule has 0 aliphatic rings. The van der Waals surface area contributed by atoms with E-state index in [9.17, 15) is 19.2 Å². The number of aromatic amines is 1. The van der Waals surface area contributed by atoms with Crippen LogP contribution in [0.15, 0.2) is 9.59 Å². The number of fused-ring (bicyclic) bond motifs is 1. The molecule has 2 heterocycles. The molecular formula is C16H22N2O6S. The molecule has 0 fully saturated rings. The van der Waals surface area contributed by atoms with Crippen molar-refractivity contribution < 1.29 is 20.5 Å². The SMILES string of the molecule is CCOC(=O)c1sc2[nH]c(=O)n(CC(=O)OC(C)(C)C)c(=O)c2c1C.[HH]. The van der Waals surface area contributed by atoms with E-state index in [2.05, 4.69) is 4.98 Å². The molecule has 0 unspecified atom stereocenters. The average Bonchev–Trinajstić information content (AvgIpc) is 2.78. The van der Waals surface area contributed by atoms with Crippen LogP contribution in [0.5, 0.6) is 0 Å². The smallest absolute Gasteiger partial charge is 0.348 e. The fraction of sp³-hybridized carbons (Fsp3) is 0.500. The van der Waals surface area contributed by atoms with Crippen molar-refractivity contribution in [1.82, 2.24) is 9.55 Å². The maximum atomic E-state index is 12.7. The van der Waals surface area contributed by atoms with Crippen LogP contribution < -0.4 is 11.2 Å². The number of aryl methyl sites for hydroxylation is 1. The Balaban J connectivity index is 0.00000338. The molecule has 0 aliphatic heterocycles. The minimum Gasteiger partial charge on any atom is -0.462 e. The second-order valence-corrected chi connectivity index (χ2v) is 7.41. The Bertz CT molecular complexity index is 951. The van der Waals surface area contributed by atoms with E-state index in [0.717, 1.165) is 15.9 Å². The van der Waals surface area contributed by atoms with Crippen LogP contribution in [0.4, 0.5) is 0 Å². The third kappa shape index (κ3) is 3.98. The molecule has 0 radical (unpaired) electrons. The molecule has 0 amide bonds. The Labute approximate surface area is 148 Å². The Morgan fingerprint density at radius 1 is 1.28 bits per heavy atom. The standard InChI is InChI=1S/C16H20N2O6S.H2/c1-6-23-14(21)11-8(2)10-12(25-11)17-15(22)18(13(10)20)7-9(19)24-16(3,4)5;/h6-7H2,1-5H3,(H,17,22);1H. The van der Waals surface area contributed by atoms with Crippen LogP contribution in [-0.2, 0) is 20.8 Å². The van der Waals surface area contributed by atoms with Gasteiger partial charge < -0.3 is 9.47 Å². The lowest BCUT2D eigenvalue weighted by atomic mass is 10.2. The Hall–Kier alpha value is -2.42. The first-order chi connectivity index (χ1) is 11.5. The zero-order valence-corrected chi connectivity index (χ0v) is 15.5. The molecule has 0 aromatic carbocycles. The van der Waals surface area contributed by atoms with Crippen molar-refractivity contribution >= 4 is 33.5 Å². The van der Waals surface area contributed by atoms with Crippen LogP contribution in [-0.4, -0.2) is 33.7 Å². The number of esters is 2. The molecule has 2 aromatic heterocycles. The van der Waals surface area contributed by atoms with Gasteiger partial charge in [0.05, 0.1) is 12.0 Å². The summed E-state index contributed by atoms with van der Waals surface area (Å²) in [5.41, 5.74) is -1.70. The first-order valence-electron chi connectivity index (χ1n) is 7.70. The van der Waals surface area contributed by atoms with Gasteiger partial charge in [-0.3, -0.25) is 14.6 Å². The number of carbonyl (C=O) groups excluding carboxylic acids is 2. The molecule has 138 valence electrons. The number of carbonyl (C=O) groups is 2. The van der Waals surface area contributed by atoms with E-state index in [-0.39, 0.29) is 23.1 Å². The Morgan fingerprint density at radius 2 is 1.92 bits per heavy atom. The lowest BCUT2D eigenvalue weighted by molar-refractivity contribution is -0.155. The summed E-state index contributed by atoms with van der Waals surface area (Å²) in [5, 5.41) is 0.191. The fourth-order valence-electron chi connectivity index (χ4n) is 2.29. The van der Waals surface area contributed by atoms with Crippen molar-refractivity contribution in [3.8, 4) is 0 Å². The van der Waals surface area contributed by atoms with Gasteiger partial charge in [-0.15, -0.1) is 11.3 Å². The van der Waals surface area contributed by atoms with Crippen LogP contribution in [0, 0.1) is 6.92 Å². The van der Waals surface area contributed by atoms with Gasteiger partial charge in [0.15, 0.2) is 0 Å². The normalized spacial score (nSPS) is 11.6. The van der Waals surface area contributed by atoms with Crippen molar-refractivity contribution in [3.05, 3.63) is 31.3 Å². The molecule has 0 saturated carbocycles. The van der Waals surface area contributed by atoms with Gasteiger partial charge >= 0.3 is 17.6 Å². The van der Waals surface area contributed by atoms with E-state index in [1.54, 1.807) is 34.6 Å². The molecule has 0 atom stereocenters. The van der Waals surface area contributed by atoms with E-state index in [0.29, 0.717) is 5.56 Å². The molecule has 0 saturated heterocycles. The van der Waals surface area contributed by atoms with Gasteiger partial charge in [0, 0.05) is 1.43 Å². The molecule has 9 heteroatoms. The van der Waals surface area contributed by atoms with Crippen LogP contribution in [0.2, 0.25) is 0 Å². The minimum absolute atomic E-state index is 0. The van der Waals surface area contributed by atoms with E-state index in [4.69, 9.17) is 9.47 Å². The molecule has 8 nitrogen and oxygen atoms in total. The molecule has 2 aromatic rings. The highest BCUT2D eigenvalue weighted by Gasteiger charge is 2.23. The summed E-state index contributed by atoms with van der Waals surface area (Å²) >= 11 is 0.978. The molecule has 2 rings (SSSR count). The van der Waals surface area contributed by atoms with Crippen molar-refractivity contribution in [1.29, 1.82) is 0 Å². The maximum absolute atomic E-state index is 12.7. The highest BCUT2D eigenvalue weighted by Crippen LogP contribution is 2.26. The summed E-state index contributed by atoms with van der Waals surface area (Å²) in [4.78, 5) is 51.8. The van der Waals surface area contributed by atoms with Gasteiger partial charge in [-0.2, -0.15) is 0 Å². The van der Waals surface area contributed by atoms with Crippen molar-refractivity contribution in [2.24, 2.45) is 0 Å². The average molecular weight is 370 g/mol. The second-order valence-electron chi connectivity index (χ2n) is 6.39. The largest absolute Gasteiger partial charge is 0.462 e. The fourth-order valence-corrected chi connectivity index (χ4v) is 3.37. The van der Waals surface area contributed by atoms with Gasteiger partial charge in [0.1, 0.15) is 21.9 Å². The third-order valence-electron chi connectivity index (χ3n) is 3.24. The number of hydrogen-bond donors (Lipinski definition) is 1. The van der Waals surface area contributed by atoms with Crippen LogP contribution in [0.1, 0.15) is 44.4 Å². The van der Waals surface area contributed by atoms with Gasteiger partial charge in [-0.25, -0.2) is 14.2 Å².